The lowest BCUT2D eigenvalue weighted by molar-refractivity contribution is 0.0861. The monoisotopic (exact) mass is 330 g/mol. The molecule has 0 spiro atoms. The quantitative estimate of drug-likeness (QED) is 0.753. The average Bonchev–Trinajstić information content (AvgIpc) is 3.29. The second kappa shape index (κ2) is 8.49. The highest BCUT2D eigenvalue weighted by Crippen LogP contribution is 2.30. The van der Waals surface area contributed by atoms with Crippen LogP contribution in [0, 0.1) is 0 Å². The minimum atomic E-state index is -0.210. The van der Waals surface area contributed by atoms with Crippen LogP contribution in [0.3, 0.4) is 0 Å². The molecule has 0 radical (unpaired) electrons. The van der Waals surface area contributed by atoms with Crippen molar-refractivity contribution in [1.82, 2.24) is 10.3 Å². The van der Waals surface area contributed by atoms with Crippen molar-refractivity contribution in [2.75, 3.05) is 19.8 Å². The topological polar surface area (TPSA) is 73.6 Å². The zero-order chi connectivity index (χ0) is 16.6. The molecule has 2 aromatic rings. The Morgan fingerprint density at radius 1 is 1.29 bits per heavy atom. The van der Waals surface area contributed by atoms with Gasteiger partial charge in [0.25, 0.3) is 5.91 Å². The molecule has 1 aromatic heterocycles. The lowest BCUT2D eigenvalue weighted by Gasteiger charge is -2.09. The van der Waals surface area contributed by atoms with Gasteiger partial charge in [0.15, 0.2) is 17.8 Å². The van der Waals surface area contributed by atoms with E-state index in [1.807, 2.05) is 30.3 Å². The van der Waals surface area contributed by atoms with E-state index in [-0.39, 0.29) is 12.0 Å². The number of hydrogen-bond acceptors (Lipinski definition) is 5. The molecule has 3 rings (SSSR count). The molecule has 1 N–H and O–H groups in total. The van der Waals surface area contributed by atoms with Crippen molar-refractivity contribution in [3.8, 4) is 5.75 Å². The van der Waals surface area contributed by atoms with Crippen LogP contribution in [0.4, 0.5) is 0 Å². The molecule has 2 heterocycles. The summed E-state index contributed by atoms with van der Waals surface area (Å²) in [5.41, 5.74) is 0.336. The maximum Gasteiger partial charge on any atom is 0.273 e. The molecule has 128 valence electrons. The Bertz CT molecular complexity index is 635. The van der Waals surface area contributed by atoms with Gasteiger partial charge < -0.3 is 19.2 Å². The summed E-state index contributed by atoms with van der Waals surface area (Å²) in [6.45, 7) is 1.91. The zero-order valence-electron chi connectivity index (χ0n) is 13.6. The summed E-state index contributed by atoms with van der Waals surface area (Å²) in [5, 5.41) is 2.88. The largest absolute Gasteiger partial charge is 0.494 e. The van der Waals surface area contributed by atoms with E-state index in [1.54, 1.807) is 0 Å². The molecule has 1 saturated heterocycles. The normalized spacial score (nSPS) is 16.9. The van der Waals surface area contributed by atoms with Gasteiger partial charge in [-0.3, -0.25) is 4.79 Å². The number of unbranched alkanes of at least 4 members (excludes halogenated alkanes) is 1. The van der Waals surface area contributed by atoms with E-state index in [2.05, 4.69) is 10.3 Å². The predicted octanol–water partition coefficient (Wildman–Crippen LogP) is 3.12. The number of nitrogens with zero attached hydrogens (tertiary/aromatic N) is 1. The van der Waals surface area contributed by atoms with E-state index in [4.69, 9.17) is 13.9 Å². The van der Waals surface area contributed by atoms with Crippen LogP contribution in [-0.4, -0.2) is 30.6 Å². The van der Waals surface area contributed by atoms with Crippen LogP contribution in [0.2, 0.25) is 0 Å². The third-order valence-corrected chi connectivity index (χ3v) is 3.90. The molecule has 1 aliphatic heterocycles. The minimum absolute atomic E-state index is 0.146. The van der Waals surface area contributed by atoms with Gasteiger partial charge >= 0.3 is 0 Å². The van der Waals surface area contributed by atoms with Gasteiger partial charge in [-0.2, -0.15) is 0 Å². The molecule has 6 heteroatoms. The second-order valence-electron chi connectivity index (χ2n) is 5.69. The number of rotatable bonds is 8. The summed E-state index contributed by atoms with van der Waals surface area (Å²) in [6.07, 6.45) is 4.71. The molecule has 24 heavy (non-hydrogen) atoms. The average molecular weight is 330 g/mol. The van der Waals surface area contributed by atoms with Gasteiger partial charge in [0.1, 0.15) is 11.9 Å². The zero-order valence-corrected chi connectivity index (χ0v) is 13.6. The van der Waals surface area contributed by atoms with Crippen LogP contribution in [-0.2, 0) is 4.74 Å². The lowest BCUT2D eigenvalue weighted by atomic mass is 10.1. The van der Waals surface area contributed by atoms with Crippen molar-refractivity contribution in [1.29, 1.82) is 0 Å². The number of carbonyl (C=O) groups excluding carboxylic acids is 1. The molecule has 1 aliphatic rings. The van der Waals surface area contributed by atoms with Crippen molar-refractivity contribution in [2.24, 2.45) is 0 Å². The van der Waals surface area contributed by atoms with E-state index in [1.165, 1.54) is 6.39 Å². The van der Waals surface area contributed by atoms with E-state index in [0.29, 0.717) is 31.2 Å². The Morgan fingerprint density at radius 2 is 2.17 bits per heavy atom. The molecule has 1 amide bonds. The van der Waals surface area contributed by atoms with Gasteiger partial charge in [-0.1, -0.05) is 18.2 Å². The number of carbonyl (C=O) groups is 1. The molecule has 0 bridgehead atoms. The first kappa shape index (κ1) is 16.5. The predicted molar refractivity (Wildman–Crippen MR) is 87.9 cm³/mol. The van der Waals surface area contributed by atoms with Crippen LogP contribution in [0.15, 0.2) is 41.1 Å². The molecule has 1 aromatic carbocycles. The Labute approximate surface area is 141 Å². The lowest BCUT2D eigenvalue weighted by Crippen LogP contribution is -2.26. The third kappa shape index (κ3) is 4.35. The van der Waals surface area contributed by atoms with Crippen molar-refractivity contribution >= 4 is 5.91 Å². The number of oxazole rings is 1. The number of hydrogen-bond donors (Lipinski definition) is 1. The van der Waals surface area contributed by atoms with Crippen LogP contribution >= 0.6 is 0 Å². The van der Waals surface area contributed by atoms with Crippen molar-refractivity contribution in [3.63, 3.8) is 0 Å². The molecule has 0 aliphatic carbocycles. The van der Waals surface area contributed by atoms with Crippen molar-refractivity contribution in [2.45, 2.75) is 31.8 Å². The van der Waals surface area contributed by atoms with Gasteiger partial charge in [0.2, 0.25) is 0 Å². The minimum Gasteiger partial charge on any atom is -0.494 e. The summed E-state index contributed by atoms with van der Waals surface area (Å²) in [7, 11) is 0. The Kier molecular flexibility index (Phi) is 5.85. The molecular formula is C18H22N2O4. The molecule has 0 unspecified atom stereocenters. The van der Waals surface area contributed by atoms with Crippen LogP contribution in [0.1, 0.15) is 48.0 Å². The molecule has 1 atom stereocenters. The van der Waals surface area contributed by atoms with E-state index in [0.717, 1.165) is 31.4 Å². The number of para-hydroxylation sites is 1. The maximum atomic E-state index is 12.2. The summed E-state index contributed by atoms with van der Waals surface area (Å²) in [6, 6.07) is 9.70. The van der Waals surface area contributed by atoms with Gasteiger partial charge in [-0.05, 0) is 37.8 Å². The van der Waals surface area contributed by atoms with Crippen LogP contribution in [0.5, 0.6) is 5.75 Å². The molecular weight excluding hydrogens is 308 g/mol. The Hall–Kier alpha value is -2.34. The number of amides is 1. The highest BCUT2D eigenvalue weighted by Gasteiger charge is 2.27. The van der Waals surface area contributed by atoms with Gasteiger partial charge in [-0.25, -0.2) is 4.98 Å². The van der Waals surface area contributed by atoms with Crippen molar-refractivity contribution in [3.05, 3.63) is 48.2 Å². The Morgan fingerprint density at radius 3 is 2.96 bits per heavy atom. The van der Waals surface area contributed by atoms with Gasteiger partial charge in [-0.15, -0.1) is 0 Å². The summed E-state index contributed by atoms with van der Waals surface area (Å²) in [5.74, 6) is 1.20. The highest BCUT2D eigenvalue weighted by molar-refractivity contribution is 5.93. The van der Waals surface area contributed by atoms with Crippen LogP contribution in [0.25, 0.3) is 0 Å². The van der Waals surface area contributed by atoms with Crippen LogP contribution < -0.4 is 10.1 Å². The number of nitrogens with one attached hydrogen (secondary N) is 1. The molecule has 1 fully saturated rings. The SMILES string of the molecule is O=C(NCCCCOc1ccccc1)c1ncoc1[C@H]1CCCO1. The first-order valence-corrected chi connectivity index (χ1v) is 8.35. The van der Waals surface area contributed by atoms with E-state index >= 15 is 0 Å². The smallest absolute Gasteiger partial charge is 0.273 e. The van der Waals surface area contributed by atoms with E-state index < -0.39 is 0 Å². The number of ether oxygens (including phenoxy) is 2. The summed E-state index contributed by atoms with van der Waals surface area (Å²) < 4.78 is 16.5. The first-order chi connectivity index (χ1) is 11.8. The standard InChI is InChI=1S/C18H22N2O4/c21-18(16-17(24-13-20-16)15-9-6-12-23-15)19-10-4-5-11-22-14-7-2-1-3-8-14/h1-3,7-8,13,15H,4-6,9-12H2,(H,19,21)/t15-/m1/s1. The Balaban J connectivity index is 1.36. The number of benzene rings is 1. The highest BCUT2D eigenvalue weighted by atomic mass is 16.5. The molecule has 6 nitrogen and oxygen atoms in total. The van der Waals surface area contributed by atoms with Gasteiger partial charge in [0.05, 0.1) is 6.61 Å². The van der Waals surface area contributed by atoms with Gasteiger partial charge in [0, 0.05) is 13.2 Å². The summed E-state index contributed by atoms with van der Waals surface area (Å²) >= 11 is 0. The fraction of sp³-hybridized carbons (Fsp3) is 0.444. The molecule has 0 saturated carbocycles. The third-order valence-electron chi connectivity index (χ3n) is 3.90. The van der Waals surface area contributed by atoms with Crippen molar-refractivity contribution < 1.29 is 18.7 Å². The summed E-state index contributed by atoms with van der Waals surface area (Å²) in [4.78, 5) is 16.2. The maximum absolute atomic E-state index is 12.2. The van der Waals surface area contributed by atoms with E-state index in [9.17, 15) is 4.79 Å². The fourth-order valence-electron chi connectivity index (χ4n) is 2.66. The second-order valence-corrected chi connectivity index (χ2v) is 5.69. The number of aromatic nitrogens is 1. The fourth-order valence-corrected chi connectivity index (χ4v) is 2.66. The first-order valence-electron chi connectivity index (χ1n) is 8.35.